The molecule has 0 spiro atoms. The van der Waals surface area contributed by atoms with Gasteiger partial charge in [-0.15, -0.1) is 0 Å². The van der Waals surface area contributed by atoms with Crippen LogP contribution in [0.1, 0.15) is 30.4 Å². The number of aryl methyl sites for hydroxylation is 1. The first kappa shape index (κ1) is 17.6. The van der Waals surface area contributed by atoms with Gasteiger partial charge >= 0.3 is 0 Å². The number of para-hydroxylation sites is 1. The highest BCUT2D eigenvalue weighted by molar-refractivity contribution is 6.31. The number of anilines is 1. The van der Waals surface area contributed by atoms with Crippen LogP contribution in [0.25, 0.3) is 0 Å². The fourth-order valence-electron chi connectivity index (χ4n) is 4.25. The Bertz CT molecular complexity index is 791. The average Bonchev–Trinajstić information content (AvgIpc) is 2.69. The molecule has 0 saturated carbocycles. The number of nitrogens with zero attached hydrogens (tertiary/aromatic N) is 2. The van der Waals surface area contributed by atoms with Crippen LogP contribution in [0.15, 0.2) is 48.5 Å². The first-order valence-electron chi connectivity index (χ1n) is 9.57. The molecule has 2 aromatic carbocycles. The predicted octanol–water partition coefficient (Wildman–Crippen LogP) is 4.53. The molecular formula is C22H25ClN2O. The van der Waals surface area contributed by atoms with Crippen molar-refractivity contribution in [3.05, 3.63) is 64.7 Å². The van der Waals surface area contributed by atoms with Gasteiger partial charge in [-0.2, -0.15) is 0 Å². The van der Waals surface area contributed by atoms with E-state index in [1.165, 1.54) is 5.56 Å². The Morgan fingerprint density at radius 1 is 1.04 bits per heavy atom. The summed E-state index contributed by atoms with van der Waals surface area (Å²) in [5.41, 5.74) is 3.56. The second kappa shape index (κ2) is 7.81. The summed E-state index contributed by atoms with van der Waals surface area (Å²) in [6.07, 6.45) is 4.18. The molecule has 1 amide bonds. The van der Waals surface area contributed by atoms with E-state index in [9.17, 15) is 4.79 Å². The first-order chi connectivity index (χ1) is 12.7. The van der Waals surface area contributed by atoms with Crippen LogP contribution in [0.4, 0.5) is 5.69 Å². The van der Waals surface area contributed by atoms with Gasteiger partial charge in [-0.1, -0.05) is 48.0 Å². The third-order valence-corrected chi connectivity index (χ3v) is 5.95. The fourth-order valence-corrected chi connectivity index (χ4v) is 4.45. The molecule has 2 aromatic rings. The number of carbonyl (C=O) groups excluding carboxylic acids is 1. The maximum absolute atomic E-state index is 13.3. The van der Waals surface area contributed by atoms with E-state index < -0.39 is 0 Å². The number of hydrogen-bond acceptors (Lipinski definition) is 2. The van der Waals surface area contributed by atoms with E-state index in [1.54, 1.807) is 0 Å². The first-order valence-corrected chi connectivity index (χ1v) is 9.95. The molecule has 0 radical (unpaired) electrons. The maximum atomic E-state index is 13.3. The number of likely N-dealkylation sites (tertiary alicyclic amines) is 1. The molecular weight excluding hydrogens is 344 g/mol. The summed E-state index contributed by atoms with van der Waals surface area (Å²) in [4.78, 5) is 17.7. The van der Waals surface area contributed by atoms with Gasteiger partial charge in [0.05, 0.1) is 5.92 Å². The highest BCUT2D eigenvalue weighted by Crippen LogP contribution is 2.30. The topological polar surface area (TPSA) is 23.6 Å². The molecule has 0 bridgehead atoms. The van der Waals surface area contributed by atoms with Crippen molar-refractivity contribution in [3.63, 3.8) is 0 Å². The highest BCUT2D eigenvalue weighted by atomic mass is 35.5. The van der Waals surface area contributed by atoms with Crippen molar-refractivity contribution < 1.29 is 4.79 Å². The van der Waals surface area contributed by atoms with E-state index in [-0.39, 0.29) is 5.92 Å². The molecule has 3 nitrogen and oxygen atoms in total. The van der Waals surface area contributed by atoms with Crippen LogP contribution in [-0.4, -0.2) is 30.4 Å². The van der Waals surface area contributed by atoms with E-state index in [4.69, 9.17) is 11.6 Å². The zero-order valence-corrected chi connectivity index (χ0v) is 15.8. The van der Waals surface area contributed by atoms with Gasteiger partial charge in [-0.25, -0.2) is 0 Å². The third-order valence-electron chi connectivity index (χ3n) is 5.58. The van der Waals surface area contributed by atoms with E-state index >= 15 is 0 Å². The maximum Gasteiger partial charge on any atom is 0.231 e. The minimum Gasteiger partial charge on any atom is -0.312 e. The monoisotopic (exact) mass is 368 g/mol. The SMILES string of the molecule is O=C(C1CCCN(Cc2ccccc2Cl)C1)N1CCCc2ccccc21. The van der Waals surface area contributed by atoms with Crippen molar-refractivity contribution in [2.75, 3.05) is 24.5 Å². The number of rotatable bonds is 3. The van der Waals surface area contributed by atoms with Crippen molar-refractivity contribution >= 4 is 23.2 Å². The highest BCUT2D eigenvalue weighted by Gasteiger charge is 2.31. The standard InChI is InChI=1S/C22H25ClN2O/c23-20-11-3-1-8-18(20)15-24-13-5-10-19(16-24)22(26)25-14-6-9-17-7-2-4-12-21(17)25/h1-4,7-8,11-12,19H,5-6,9-10,13-16H2. The summed E-state index contributed by atoms with van der Waals surface area (Å²) in [5.74, 6) is 0.374. The van der Waals surface area contributed by atoms with Crippen molar-refractivity contribution in [1.29, 1.82) is 0 Å². The molecule has 2 aliphatic rings. The number of piperidine rings is 1. The van der Waals surface area contributed by atoms with Crippen molar-refractivity contribution in [1.82, 2.24) is 4.90 Å². The summed E-state index contributed by atoms with van der Waals surface area (Å²) < 4.78 is 0. The van der Waals surface area contributed by atoms with Crippen LogP contribution in [0.5, 0.6) is 0 Å². The van der Waals surface area contributed by atoms with Crippen LogP contribution < -0.4 is 4.90 Å². The Morgan fingerprint density at radius 3 is 2.73 bits per heavy atom. The Balaban J connectivity index is 1.46. The van der Waals surface area contributed by atoms with Gasteiger partial charge in [0, 0.05) is 30.3 Å². The van der Waals surface area contributed by atoms with E-state index in [1.807, 2.05) is 29.2 Å². The lowest BCUT2D eigenvalue weighted by molar-refractivity contribution is -0.124. The van der Waals surface area contributed by atoms with Crippen molar-refractivity contribution in [3.8, 4) is 0 Å². The van der Waals surface area contributed by atoms with E-state index in [0.717, 1.165) is 68.1 Å². The summed E-state index contributed by atoms with van der Waals surface area (Å²) in [6.45, 7) is 3.52. The second-order valence-electron chi connectivity index (χ2n) is 7.39. The molecule has 4 heteroatoms. The zero-order valence-electron chi connectivity index (χ0n) is 15.0. The van der Waals surface area contributed by atoms with Gasteiger partial charge in [0.2, 0.25) is 5.91 Å². The van der Waals surface area contributed by atoms with Crippen LogP contribution in [-0.2, 0) is 17.8 Å². The molecule has 0 N–H and O–H groups in total. The second-order valence-corrected chi connectivity index (χ2v) is 7.80. The van der Waals surface area contributed by atoms with Gasteiger partial charge in [-0.05, 0) is 55.5 Å². The van der Waals surface area contributed by atoms with Crippen LogP contribution in [0, 0.1) is 5.92 Å². The summed E-state index contributed by atoms with van der Waals surface area (Å²) in [5, 5.41) is 0.811. The Morgan fingerprint density at radius 2 is 1.85 bits per heavy atom. The quantitative estimate of drug-likeness (QED) is 0.794. The Labute approximate surface area is 160 Å². The number of halogens is 1. The van der Waals surface area contributed by atoms with Gasteiger partial charge in [0.1, 0.15) is 0 Å². The molecule has 1 atom stereocenters. The van der Waals surface area contributed by atoms with E-state index in [0.29, 0.717) is 5.91 Å². The number of amides is 1. The van der Waals surface area contributed by atoms with Gasteiger partial charge in [0.15, 0.2) is 0 Å². The minimum absolute atomic E-state index is 0.0809. The van der Waals surface area contributed by atoms with Gasteiger partial charge in [-0.3, -0.25) is 9.69 Å². The fraction of sp³-hybridized carbons (Fsp3) is 0.409. The average molecular weight is 369 g/mol. The minimum atomic E-state index is 0.0809. The molecule has 1 saturated heterocycles. The number of hydrogen-bond donors (Lipinski definition) is 0. The molecule has 2 aliphatic heterocycles. The van der Waals surface area contributed by atoms with Crippen LogP contribution in [0.3, 0.4) is 0 Å². The summed E-state index contributed by atoms with van der Waals surface area (Å²) in [6, 6.07) is 16.4. The summed E-state index contributed by atoms with van der Waals surface area (Å²) >= 11 is 6.32. The zero-order chi connectivity index (χ0) is 17.9. The Hall–Kier alpha value is -1.84. The molecule has 0 aliphatic carbocycles. The smallest absolute Gasteiger partial charge is 0.231 e. The van der Waals surface area contributed by atoms with Crippen LogP contribution in [0.2, 0.25) is 5.02 Å². The van der Waals surface area contributed by atoms with Gasteiger partial charge in [0.25, 0.3) is 0 Å². The lowest BCUT2D eigenvalue weighted by Gasteiger charge is -2.37. The molecule has 0 aromatic heterocycles. The van der Waals surface area contributed by atoms with Crippen molar-refractivity contribution in [2.24, 2.45) is 5.92 Å². The predicted molar refractivity (Wildman–Crippen MR) is 107 cm³/mol. The molecule has 1 fully saturated rings. The molecule has 4 rings (SSSR count). The molecule has 2 heterocycles. The third kappa shape index (κ3) is 3.65. The number of carbonyl (C=O) groups is 1. The largest absolute Gasteiger partial charge is 0.312 e. The molecule has 136 valence electrons. The normalized spacial score (nSPS) is 20.7. The molecule has 1 unspecified atom stereocenters. The Kier molecular flexibility index (Phi) is 5.28. The molecule has 26 heavy (non-hydrogen) atoms. The van der Waals surface area contributed by atoms with E-state index in [2.05, 4.69) is 29.2 Å². The van der Waals surface area contributed by atoms with Gasteiger partial charge < -0.3 is 4.90 Å². The number of fused-ring (bicyclic) bond motifs is 1. The number of benzene rings is 2. The summed E-state index contributed by atoms with van der Waals surface area (Å²) in [7, 11) is 0. The van der Waals surface area contributed by atoms with Crippen molar-refractivity contribution in [2.45, 2.75) is 32.2 Å². The lowest BCUT2D eigenvalue weighted by atomic mass is 9.93. The van der Waals surface area contributed by atoms with Crippen LogP contribution >= 0.6 is 11.6 Å². The lowest BCUT2D eigenvalue weighted by Crippen LogP contribution is -2.46.